The lowest BCUT2D eigenvalue weighted by atomic mass is 10.0. The molecule has 1 aromatic rings. The first-order valence-corrected chi connectivity index (χ1v) is 8.98. The number of carbonyl (C=O) groups is 1. The van der Waals surface area contributed by atoms with Crippen molar-refractivity contribution in [3.8, 4) is 0 Å². The van der Waals surface area contributed by atoms with E-state index < -0.39 is 5.60 Å². The van der Waals surface area contributed by atoms with Crippen LogP contribution in [-0.2, 0) is 4.74 Å². The summed E-state index contributed by atoms with van der Waals surface area (Å²) in [6, 6.07) is 4.84. The molecule has 1 N–H and O–H groups in total. The van der Waals surface area contributed by atoms with E-state index in [2.05, 4.69) is 38.2 Å². The first-order chi connectivity index (χ1) is 11.2. The summed E-state index contributed by atoms with van der Waals surface area (Å²) in [6.45, 7) is 13.7. The minimum absolute atomic E-state index is 0.189. The second-order valence-electron chi connectivity index (χ2n) is 8.01. The van der Waals surface area contributed by atoms with E-state index in [1.165, 1.54) is 22.4 Å². The van der Waals surface area contributed by atoms with Gasteiger partial charge in [-0.05, 0) is 71.9 Å². The molecule has 0 bridgehead atoms. The highest BCUT2D eigenvalue weighted by atomic mass is 16.6. The number of rotatable bonds is 2. The molecule has 1 aliphatic rings. The smallest absolute Gasteiger partial charge is 0.410 e. The van der Waals surface area contributed by atoms with Gasteiger partial charge in [-0.2, -0.15) is 0 Å². The van der Waals surface area contributed by atoms with Crippen LogP contribution in [0.25, 0.3) is 0 Å². The Kier molecular flexibility index (Phi) is 5.79. The zero-order chi connectivity index (χ0) is 17.9. The Labute approximate surface area is 146 Å². The number of hydrogen-bond acceptors (Lipinski definition) is 3. The molecule has 1 unspecified atom stereocenters. The first-order valence-electron chi connectivity index (χ1n) is 8.98. The standard InChI is InChI=1S/C20H32N2O2/c1-14-12-15(2)18(16(3)13-14)21-17-8-7-10-22(11-9-17)19(23)24-20(4,5)6/h12-13,17,21H,7-11H2,1-6H3. The number of benzene rings is 1. The van der Waals surface area contributed by atoms with Crippen molar-refractivity contribution in [2.75, 3.05) is 18.4 Å². The van der Waals surface area contributed by atoms with Crippen molar-refractivity contribution in [1.29, 1.82) is 0 Å². The molecular weight excluding hydrogens is 300 g/mol. The Morgan fingerprint density at radius 2 is 1.75 bits per heavy atom. The van der Waals surface area contributed by atoms with Gasteiger partial charge in [-0.3, -0.25) is 0 Å². The van der Waals surface area contributed by atoms with Gasteiger partial charge in [-0.15, -0.1) is 0 Å². The third-order valence-corrected chi connectivity index (χ3v) is 4.41. The predicted molar refractivity (Wildman–Crippen MR) is 99.7 cm³/mol. The topological polar surface area (TPSA) is 41.6 Å². The minimum Gasteiger partial charge on any atom is -0.444 e. The van der Waals surface area contributed by atoms with Crippen LogP contribution in [0.15, 0.2) is 12.1 Å². The third-order valence-electron chi connectivity index (χ3n) is 4.41. The molecule has 1 saturated heterocycles. The Morgan fingerprint density at radius 1 is 1.12 bits per heavy atom. The van der Waals surface area contributed by atoms with E-state index in [1.54, 1.807) is 0 Å². The summed E-state index contributed by atoms with van der Waals surface area (Å²) in [5.74, 6) is 0. The van der Waals surface area contributed by atoms with Crippen LogP contribution < -0.4 is 5.32 Å². The predicted octanol–water partition coefficient (Wildman–Crippen LogP) is 4.81. The summed E-state index contributed by atoms with van der Waals surface area (Å²) in [7, 11) is 0. The van der Waals surface area contributed by atoms with Gasteiger partial charge in [0.05, 0.1) is 0 Å². The van der Waals surface area contributed by atoms with E-state index >= 15 is 0 Å². The van der Waals surface area contributed by atoms with Gasteiger partial charge in [-0.1, -0.05) is 17.7 Å². The average molecular weight is 332 g/mol. The molecule has 1 aliphatic heterocycles. The number of aryl methyl sites for hydroxylation is 3. The van der Waals surface area contributed by atoms with Crippen molar-refractivity contribution in [3.63, 3.8) is 0 Å². The summed E-state index contributed by atoms with van der Waals surface area (Å²) in [6.07, 6.45) is 2.84. The lowest BCUT2D eigenvalue weighted by molar-refractivity contribution is 0.0256. The van der Waals surface area contributed by atoms with Crippen molar-refractivity contribution < 1.29 is 9.53 Å². The Morgan fingerprint density at radius 3 is 2.33 bits per heavy atom. The molecule has 1 aromatic carbocycles. The third kappa shape index (κ3) is 5.15. The fourth-order valence-electron chi connectivity index (χ4n) is 3.36. The molecule has 0 saturated carbocycles. The zero-order valence-electron chi connectivity index (χ0n) is 16.0. The van der Waals surface area contributed by atoms with Crippen LogP contribution in [-0.4, -0.2) is 35.7 Å². The maximum absolute atomic E-state index is 12.3. The molecule has 0 spiro atoms. The molecule has 4 heteroatoms. The van der Waals surface area contributed by atoms with Crippen LogP contribution >= 0.6 is 0 Å². The van der Waals surface area contributed by atoms with Gasteiger partial charge in [-0.25, -0.2) is 4.79 Å². The van der Waals surface area contributed by atoms with Gasteiger partial charge in [0, 0.05) is 24.8 Å². The number of anilines is 1. The first kappa shape index (κ1) is 18.6. The van der Waals surface area contributed by atoms with Crippen LogP contribution in [0.3, 0.4) is 0 Å². The quantitative estimate of drug-likeness (QED) is 0.844. The summed E-state index contributed by atoms with van der Waals surface area (Å²) in [5, 5.41) is 3.71. The molecular formula is C20H32N2O2. The zero-order valence-corrected chi connectivity index (χ0v) is 16.0. The van der Waals surface area contributed by atoms with E-state index in [0.717, 1.165) is 32.4 Å². The fourth-order valence-corrected chi connectivity index (χ4v) is 3.36. The summed E-state index contributed by atoms with van der Waals surface area (Å²) in [4.78, 5) is 14.1. The number of ether oxygens (including phenoxy) is 1. The fraction of sp³-hybridized carbons (Fsp3) is 0.650. The molecule has 0 radical (unpaired) electrons. The number of likely N-dealkylation sites (tertiary alicyclic amines) is 1. The van der Waals surface area contributed by atoms with E-state index in [4.69, 9.17) is 4.74 Å². The Bertz CT molecular complexity index is 567. The largest absolute Gasteiger partial charge is 0.444 e. The Hall–Kier alpha value is -1.71. The normalized spacial score (nSPS) is 18.9. The summed E-state index contributed by atoms with van der Waals surface area (Å²) in [5.41, 5.74) is 4.70. The molecule has 134 valence electrons. The van der Waals surface area contributed by atoms with Gasteiger partial charge in [0.2, 0.25) is 0 Å². The van der Waals surface area contributed by atoms with E-state index in [9.17, 15) is 4.79 Å². The van der Waals surface area contributed by atoms with Gasteiger partial charge in [0.15, 0.2) is 0 Å². The van der Waals surface area contributed by atoms with Crippen LogP contribution in [0.5, 0.6) is 0 Å². The van der Waals surface area contributed by atoms with Crippen molar-refractivity contribution in [2.24, 2.45) is 0 Å². The molecule has 1 heterocycles. The lowest BCUT2D eigenvalue weighted by Gasteiger charge is -2.26. The van der Waals surface area contributed by atoms with Crippen LogP contribution in [0.2, 0.25) is 0 Å². The maximum atomic E-state index is 12.3. The Balaban J connectivity index is 1.98. The van der Waals surface area contributed by atoms with Gasteiger partial charge in [0.25, 0.3) is 0 Å². The number of nitrogens with zero attached hydrogens (tertiary/aromatic N) is 1. The summed E-state index contributed by atoms with van der Waals surface area (Å²) < 4.78 is 5.50. The highest BCUT2D eigenvalue weighted by Gasteiger charge is 2.25. The number of amides is 1. The van der Waals surface area contributed by atoms with Gasteiger partial charge < -0.3 is 15.0 Å². The van der Waals surface area contributed by atoms with Crippen molar-refractivity contribution in [2.45, 2.75) is 72.4 Å². The average Bonchev–Trinajstić information content (AvgIpc) is 2.66. The van der Waals surface area contributed by atoms with E-state index in [0.29, 0.717) is 6.04 Å². The SMILES string of the molecule is Cc1cc(C)c(NC2CCCN(C(=O)OC(C)(C)C)CC2)c(C)c1. The molecule has 0 aliphatic carbocycles. The van der Waals surface area contributed by atoms with Crippen molar-refractivity contribution >= 4 is 11.8 Å². The number of nitrogens with one attached hydrogen (secondary N) is 1. The molecule has 0 aromatic heterocycles. The lowest BCUT2D eigenvalue weighted by Crippen LogP contribution is -2.37. The monoisotopic (exact) mass is 332 g/mol. The second-order valence-corrected chi connectivity index (χ2v) is 8.01. The number of hydrogen-bond donors (Lipinski definition) is 1. The second kappa shape index (κ2) is 7.45. The molecule has 1 atom stereocenters. The summed E-state index contributed by atoms with van der Waals surface area (Å²) >= 11 is 0. The van der Waals surface area contributed by atoms with Crippen molar-refractivity contribution in [1.82, 2.24) is 4.90 Å². The molecule has 24 heavy (non-hydrogen) atoms. The highest BCUT2D eigenvalue weighted by Crippen LogP contribution is 2.25. The number of carbonyl (C=O) groups excluding carboxylic acids is 1. The van der Waals surface area contributed by atoms with Gasteiger partial charge in [0.1, 0.15) is 5.60 Å². The van der Waals surface area contributed by atoms with E-state index in [1.807, 2.05) is 25.7 Å². The van der Waals surface area contributed by atoms with Crippen LogP contribution in [0.1, 0.15) is 56.7 Å². The minimum atomic E-state index is -0.433. The van der Waals surface area contributed by atoms with Gasteiger partial charge >= 0.3 is 6.09 Å². The maximum Gasteiger partial charge on any atom is 0.410 e. The highest BCUT2D eigenvalue weighted by molar-refractivity contribution is 5.68. The molecule has 2 rings (SSSR count). The van der Waals surface area contributed by atoms with Crippen molar-refractivity contribution in [3.05, 3.63) is 28.8 Å². The molecule has 1 fully saturated rings. The molecule has 4 nitrogen and oxygen atoms in total. The molecule has 1 amide bonds. The van der Waals surface area contributed by atoms with Crippen LogP contribution in [0, 0.1) is 20.8 Å². The van der Waals surface area contributed by atoms with E-state index in [-0.39, 0.29) is 6.09 Å². The van der Waals surface area contributed by atoms with Crippen LogP contribution in [0.4, 0.5) is 10.5 Å².